The smallest absolute Gasteiger partial charge is 0.169 e. The van der Waals surface area contributed by atoms with E-state index in [4.69, 9.17) is 9.47 Å². The van der Waals surface area contributed by atoms with Crippen LogP contribution in [0.25, 0.3) is 0 Å². The number of hydrogen-bond donors (Lipinski definition) is 0. The minimum atomic E-state index is -0.384. The number of rotatable bonds is 3. The van der Waals surface area contributed by atoms with Gasteiger partial charge in [0.25, 0.3) is 0 Å². The third-order valence-electron chi connectivity index (χ3n) is 2.59. The molecule has 1 saturated carbocycles. The minimum absolute atomic E-state index is 0.121. The van der Waals surface area contributed by atoms with Gasteiger partial charge in [0.2, 0.25) is 0 Å². The number of carbonyl (C=O) groups excluding carboxylic acids is 1. The van der Waals surface area contributed by atoms with Crippen molar-refractivity contribution in [2.45, 2.75) is 25.6 Å². The molecule has 1 fully saturated rings. The SMILES string of the molecule is COC1C(=O)CC1Oc1cccc(C)c1. The summed E-state index contributed by atoms with van der Waals surface area (Å²) in [5.74, 6) is 0.921. The summed E-state index contributed by atoms with van der Waals surface area (Å²) in [5.41, 5.74) is 1.15. The van der Waals surface area contributed by atoms with Crippen molar-refractivity contribution in [2.24, 2.45) is 0 Å². The molecule has 3 heteroatoms. The minimum Gasteiger partial charge on any atom is -0.487 e. The van der Waals surface area contributed by atoms with Crippen molar-refractivity contribution < 1.29 is 14.3 Å². The van der Waals surface area contributed by atoms with Crippen LogP contribution in [0.4, 0.5) is 0 Å². The predicted octanol–water partition coefficient (Wildman–Crippen LogP) is 1.73. The Kier molecular flexibility index (Phi) is 2.73. The number of Topliss-reactive ketones (excluding diaryl/α,β-unsaturated/α-hetero) is 1. The molecule has 1 aromatic rings. The van der Waals surface area contributed by atoms with Crippen LogP contribution in [-0.2, 0) is 9.53 Å². The van der Waals surface area contributed by atoms with Crippen LogP contribution in [0.5, 0.6) is 5.75 Å². The van der Waals surface area contributed by atoms with Crippen LogP contribution < -0.4 is 4.74 Å². The molecule has 1 aliphatic rings. The summed E-state index contributed by atoms with van der Waals surface area (Å²) >= 11 is 0. The zero-order valence-corrected chi connectivity index (χ0v) is 8.90. The number of benzene rings is 1. The molecule has 0 N–H and O–H groups in total. The molecule has 1 aliphatic carbocycles. The maximum Gasteiger partial charge on any atom is 0.169 e. The summed E-state index contributed by atoms with van der Waals surface area (Å²) in [4.78, 5) is 11.1. The fourth-order valence-electron chi connectivity index (χ4n) is 1.72. The van der Waals surface area contributed by atoms with E-state index in [9.17, 15) is 4.79 Å². The molecule has 1 aromatic carbocycles. The van der Waals surface area contributed by atoms with Crippen molar-refractivity contribution in [3.8, 4) is 5.75 Å². The van der Waals surface area contributed by atoms with Gasteiger partial charge in [-0.2, -0.15) is 0 Å². The first-order valence-corrected chi connectivity index (χ1v) is 4.99. The highest BCUT2D eigenvalue weighted by atomic mass is 16.5. The van der Waals surface area contributed by atoms with Crippen LogP contribution >= 0.6 is 0 Å². The molecule has 80 valence electrons. The fourth-order valence-corrected chi connectivity index (χ4v) is 1.72. The maximum absolute atomic E-state index is 11.1. The van der Waals surface area contributed by atoms with E-state index in [0.717, 1.165) is 11.3 Å². The molecule has 0 heterocycles. The van der Waals surface area contributed by atoms with Gasteiger partial charge in [0.1, 0.15) is 11.9 Å². The summed E-state index contributed by atoms with van der Waals surface area (Å²) in [6.07, 6.45) is -0.0540. The second-order valence-electron chi connectivity index (χ2n) is 3.80. The van der Waals surface area contributed by atoms with E-state index in [-0.39, 0.29) is 18.0 Å². The monoisotopic (exact) mass is 206 g/mol. The van der Waals surface area contributed by atoms with Gasteiger partial charge in [-0.3, -0.25) is 4.79 Å². The number of ketones is 1. The summed E-state index contributed by atoms with van der Waals surface area (Å²) in [6.45, 7) is 2.01. The fraction of sp³-hybridized carbons (Fsp3) is 0.417. The Morgan fingerprint density at radius 2 is 2.20 bits per heavy atom. The lowest BCUT2D eigenvalue weighted by Gasteiger charge is -2.33. The Morgan fingerprint density at radius 3 is 2.80 bits per heavy atom. The molecular formula is C12H14O3. The first-order chi connectivity index (χ1) is 7.20. The van der Waals surface area contributed by atoms with Crippen LogP contribution in [0.3, 0.4) is 0 Å². The number of carbonyl (C=O) groups is 1. The highest BCUT2D eigenvalue weighted by Gasteiger charge is 2.41. The van der Waals surface area contributed by atoms with Crippen molar-refractivity contribution in [3.63, 3.8) is 0 Å². The van der Waals surface area contributed by atoms with Gasteiger partial charge in [0.05, 0.1) is 0 Å². The van der Waals surface area contributed by atoms with Crippen LogP contribution in [-0.4, -0.2) is 25.1 Å². The number of methoxy groups -OCH3 is 1. The topological polar surface area (TPSA) is 35.5 Å². The van der Waals surface area contributed by atoms with E-state index in [1.807, 2.05) is 31.2 Å². The highest BCUT2D eigenvalue weighted by Crippen LogP contribution is 2.25. The second-order valence-corrected chi connectivity index (χ2v) is 3.80. The van der Waals surface area contributed by atoms with E-state index >= 15 is 0 Å². The Hall–Kier alpha value is -1.35. The maximum atomic E-state index is 11.1. The molecular weight excluding hydrogens is 192 g/mol. The predicted molar refractivity (Wildman–Crippen MR) is 56.0 cm³/mol. The second kappa shape index (κ2) is 4.03. The van der Waals surface area contributed by atoms with Crippen LogP contribution in [0.15, 0.2) is 24.3 Å². The van der Waals surface area contributed by atoms with Gasteiger partial charge >= 0.3 is 0 Å². The zero-order valence-electron chi connectivity index (χ0n) is 8.90. The molecule has 0 saturated heterocycles. The molecule has 15 heavy (non-hydrogen) atoms. The summed E-state index contributed by atoms with van der Waals surface area (Å²) in [5, 5.41) is 0. The number of aryl methyl sites for hydroxylation is 1. The molecule has 3 nitrogen and oxygen atoms in total. The average Bonchev–Trinajstić information content (AvgIpc) is 2.17. The van der Waals surface area contributed by atoms with Gasteiger partial charge in [-0.05, 0) is 24.6 Å². The van der Waals surface area contributed by atoms with E-state index in [1.54, 1.807) is 0 Å². The number of ether oxygens (including phenoxy) is 2. The average molecular weight is 206 g/mol. The summed E-state index contributed by atoms with van der Waals surface area (Å²) < 4.78 is 10.7. The van der Waals surface area contributed by atoms with E-state index in [2.05, 4.69) is 0 Å². The van der Waals surface area contributed by atoms with E-state index in [0.29, 0.717) is 6.42 Å². The molecule has 2 unspecified atom stereocenters. The lowest BCUT2D eigenvalue weighted by Crippen LogP contribution is -2.51. The molecule has 0 aliphatic heterocycles. The lowest BCUT2D eigenvalue weighted by atomic mass is 9.90. The van der Waals surface area contributed by atoms with Crippen molar-refractivity contribution in [1.82, 2.24) is 0 Å². The first kappa shape index (κ1) is 10.2. The van der Waals surface area contributed by atoms with Gasteiger partial charge in [0, 0.05) is 13.5 Å². The first-order valence-electron chi connectivity index (χ1n) is 4.99. The van der Waals surface area contributed by atoms with Gasteiger partial charge in [-0.15, -0.1) is 0 Å². The lowest BCUT2D eigenvalue weighted by molar-refractivity contribution is -0.150. The molecule has 0 spiro atoms. The van der Waals surface area contributed by atoms with E-state index in [1.165, 1.54) is 7.11 Å². The van der Waals surface area contributed by atoms with Crippen molar-refractivity contribution in [2.75, 3.05) is 7.11 Å². The Labute approximate surface area is 89.0 Å². The molecule has 0 radical (unpaired) electrons. The van der Waals surface area contributed by atoms with Crippen LogP contribution in [0.2, 0.25) is 0 Å². The third kappa shape index (κ3) is 2.02. The highest BCUT2D eigenvalue weighted by molar-refractivity contribution is 5.90. The third-order valence-corrected chi connectivity index (χ3v) is 2.59. The van der Waals surface area contributed by atoms with Crippen molar-refractivity contribution in [3.05, 3.63) is 29.8 Å². The van der Waals surface area contributed by atoms with Crippen LogP contribution in [0.1, 0.15) is 12.0 Å². The molecule has 0 amide bonds. The van der Waals surface area contributed by atoms with Crippen molar-refractivity contribution in [1.29, 1.82) is 0 Å². The van der Waals surface area contributed by atoms with Gasteiger partial charge in [-0.1, -0.05) is 12.1 Å². The molecule has 0 bridgehead atoms. The normalized spacial score (nSPS) is 24.8. The Morgan fingerprint density at radius 1 is 1.40 bits per heavy atom. The largest absolute Gasteiger partial charge is 0.487 e. The standard InChI is InChI=1S/C12H14O3/c1-8-4-3-5-9(6-8)15-11-7-10(13)12(11)14-2/h3-6,11-12H,7H2,1-2H3. The molecule has 0 aromatic heterocycles. The van der Waals surface area contributed by atoms with Crippen LogP contribution in [0, 0.1) is 6.92 Å². The molecule has 2 atom stereocenters. The summed E-state index contributed by atoms with van der Waals surface area (Å²) in [6, 6.07) is 7.79. The number of hydrogen-bond acceptors (Lipinski definition) is 3. The Bertz CT molecular complexity index is 373. The van der Waals surface area contributed by atoms with Gasteiger partial charge < -0.3 is 9.47 Å². The van der Waals surface area contributed by atoms with E-state index < -0.39 is 0 Å². The van der Waals surface area contributed by atoms with Gasteiger partial charge in [0.15, 0.2) is 11.9 Å². The summed E-state index contributed by atoms with van der Waals surface area (Å²) in [7, 11) is 1.54. The zero-order chi connectivity index (χ0) is 10.8. The molecule has 2 rings (SSSR count). The van der Waals surface area contributed by atoms with Gasteiger partial charge in [-0.25, -0.2) is 0 Å². The quantitative estimate of drug-likeness (QED) is 0.755. The van der Waals surface area contributed by atoms with Crippen molar-refractivity contribution >= 4 is 5.78 Å². The Balaban J connectivity index is 2.01.